The van der Waals surface area contributed by atoms with Crippen molar-refractivity contribution in [1.82, 2.24) is 4.90 Å². The van der Waals surface area contributed by atoms with E-state index in [1.54, 1.807) is 17.9 Å². The first-order chi connectivity index (χ1) is 8.43. The van der Waals surface area contributed by atoms with E-state index < -0.39 is 0 Å². The summed E-state index contributed by atoms with van der Waals surface area (Å²) >= 11 is 0. The van der Waals surface area contributed by atoms with Crippen LogP contribution in [0.2, 0.25) is 0 Å². The van der Waals surface area contributed by atoms with Crippen LogP contribution in [0.4, 0.5) is 4.39 Å². The van der Waals surface area contributed by atoms with Crippen LogP contribution in [-0.2, 0) is 0 Å². The summed E-state index contributed by atoms with van der Waals surface area (Å²) in [5.41, 5.74) is 7.03. The second-order valence-corrected chi connectivity index (χ2v) is 5.29. The Balaban J connectivity index is 2.06. The maximum Gasteiger partial charge on any atom is 0.254 e. The Bertz CT molecular complexity index is 447. The van der Waals surface area contributed by atoms with Gasteiger partial charge >= 0.3 is 0 Å². The van der Waals surface area contributed by atoms with E-state index in [-0.39, 0.29) is 17.3 Å². The lowest BCUT2D eigenvalue weighted by Gasteiger charge is -2.47. The van der Waals surface area contributed by atoms with Crippen molar-refractivity contribution in [2.24, 2.45) is 5.73 Å². The van der Waals surface area contributed by atoms with Crippen LogP contribution in [0, 0.1) is 12.7 Å². The molecule has 18 heavy (non-hydrogen) atoms. The smallest absolute Gasteiger partial charge is 0.254 e. The number of carbonyl (C=O) groups is 1. The van der Waals surface area contributed by atoms with Gasteiger partial charge in [0.05, 0.1) is 5.54 Å². The third-order valence-electron chi connectivity index (χ3n) is 3.34. The topological polar surface area (TPSA) is 46.3 Å². The lowest BCUT2D eigenvalue weighted by atomic mass is 9.86. The molecule has 1 aromatic carbocycles. The van der Waals surface area contributed by atoms with Gasteiger partial charge in [-0.15, -0.1) is 0 Å². The minimum Gasteiger partial charge on any atom is -0.335 e. The van der Waals surface area contributed by atoms with Gasteiger partial charge < -0.3 is 10.6 Å². The molecule has 0 atom stereocenters. The average Bonchev–Trinajstić information content (AvgIpc) is 2.23. The third kappa shape index (κ3) is 2.53. The Morgan fingerprint density at radius 2 is 2.11 bits per heavy atom. The highest BCUT2D eigenvalue weighted by Gasteiger charge is 2.41. The molecule has 1 amide bonds. The van der Waals surface area contributed by atoms with E-state index in [1.807, 2.05) is 0 Å². The molecule has 2 rings (SSSR count). The molecule has 1 aromatic rings. The molecular weight excluding hydrogens is 231 g/mol. The molecule has 98 valence electrons. The molecule has 0 spiro atoms. The van der Waals surface area contributed by atoms with Crippen molar-refractivity contribution in [3.8, 4) is 0 Å². The number of benzene rings is 1. The number of aryl methyl sites for hydroxylation is 1. The van der Waals surface area contributed by atoms with Crippen molar-refractivity contribution >= 4 is 5.91 Å². The van der Waals surface area contributed by atoms with Crippen LogP contribution in [-0.4, -0.2) is 29.4 Å². The zero-order valence-electron chi connectivity index (χ0n) is 10.9. The van der Waals surface area contributed by atoms with Gasteiger partial charge in [-0.3, -0.25) is 4.79 Å². The SMILES string of the molecule is CCCC1(N)CN(C(=O)c2cc(C)cc(F)c2)C1. The number of hydrogen-bond acceptors (Lipinski definition) is 2. The molecule has 4 heteroatoms. The zero-order chi connectivity index (χ0) is 13.3. The lowest BCUT2D eigenvalue weighted by Crippen LogP contribution is -2.68. The van der Waals surface area contributed by atoms with Gasteiger partial charge in [-0.05, 0) is 37.1 Å². The molecule has 0 aliphatic carbocycles. The largest absolute Gasteiger partial charge is 0.335 e. The number of hydrogen-bond donors (Lipinski definition) is 1. The highest BCUT2D eigenvalue weighted by atomic mass is 19.1. The summed E-state index contributed by atoms with van der Waals surface area (Å²) in [4.78, 5) is 13.8. The molecule has 0 aromatic heterocycles. The van der Waals surface area contributed by atoms with E-state index >= 15 is 0 Å². The number of likely N-dealkylation sites (tertiary alicyclic amines) is 1. The number of nitrogens with zero attached hydrogens (tertiary/aromatic N) is 1. The highest BCUT2D eigenvalue weighted by Crippen LogP contribution is 2.25. The summed E-state index contributed by atoms with van der Waals surface area (Å²) in [5.74, 6) is -0.499. The summed E-state index contributed by atoms with van der Waals surface area (Å²) < 4.78 is 13.3. The predicted molar refractivity (Wildman–Crippen MR) is 68.9 cm³/mol. The van der Waals surface area contributed by atoms with Gasteiger partial charge in [-0.2, -0.15) is 0 Å². The minimum absolute atomic E-state index is 0.130. The van der Waals surface area contributed by atoms with Gasteiger partial charge in [0.15, 0.2) is 0 Å². The van der Waals surface area contributed by atoms with Crippen LogP contribution in [0.15, 0.2) is 18.2 Å². The first-order valence-electron chi connectivity index (χ1n) is 6.29. The van der Waals surface area contributed by atoms with Crippen LogP contribution in [0.5, 0.6) is 0 Å². The summed E-state index contributed by atoms with van der Waals surface area (Å²) in [6.07, 6.45) is 1.93. The Morgan fingerprint density at radius 3 is 2.67 bits per heavy atom. The molecular formula is C14H19FN2O. The van der Waals surface area contributed by atoms with Crippen LogP contribution in [0.25, 0.3) is 0 Å². The van der Waals surface area contributed by atoms with Crippen molar-refractivity contribution in [2.45, 2.75) is 32.2 Å². The molecule has 0 bridgehead atoms. The van der Waals surface area contributed by atoms with E-state index in [4.69, 9.17) is 5.73 Å². The molecule has 1 saturated heterocycles. The van der Waals surface area contributed by atoms with Gasteiger partial charge in [-0.25, -0.2) is 4.39 Å². The predicted octanol–water partition coefficient (Wildman–Crippen LogP) is 2.09. The summed E-state index contributed by atoms with van der Waals surface area (Å²) in [6, 6.07) is 4.41. The fourth-order valence-corrected chi connectivity index (χ4v) is 2.56. The quantitative estimate of drug-likeness (QED) is 0.892. The molecule has 0 radical (unpaired) electrons. The van der Waals surface area contributed by atoms with Gasteiger partial charge in [-0.1, -0.05) is 13.3 Å². The zero-order valence-corrected chi connectivity index (χ0v) is 10.9. The number of halogens is 1. The number of amides is 1. The fraction of sp³-hybridized carbons (Fsp3) is 0.500. The van der Waals surface area contributed by atoms with E-state index in [0.717, 1.165) is 18.4 Å². The third-order valence-corrected chi connectivity index (χ3v) is 3.34. The average molecular weight is 250 g/mol. The van der Waals surface area contributed by atoms with Crippen LogP contribution < -0.4 is 5.73 Å². The maximum absolute atomic E-state index is 13.3. The fourth-order valence-electron chi connectivity index (χ4n) is 2.56. The van der Waals surface area contributed by atoms with Crippen molar-refractivity contribution in [2.75, 3.05) is 13.1 Å². The van der Waals surface area contributed by atoms with E-state index in [1.165, 1.54) is 12.1 Å². The summed E-state index contributed by atoms with van der Waals surface area (Å²) in [5, 5.41) is 0. The number of rotatable bonds is 3. The summed E-state index contributed by atoms with van der Waals surface area (Å²) in [6.45, 7) is 4.99. The Labute approximate surface area is 107 Å². The minimum atomic E-state index is -0.369. The van der Waals surface area contributed by atoms with Crippen LogP contribution in [0.1, 0.15) is 35.7 Å². The van der Waals surface area contributed by atoms with E-state index in [9.17, 15) is 9.18 Å². The van der Waals surface area contributed by atoms with Crippen LogP contribution in [0.3, 0.4) is 0 Å². The molecule has 1 fully saturated rings. The first kappa shape index (κ1) is 13.0. The first-order valence-corrected chi connectivity index (χ1v) is 6.29. The molecule has 3 nitrogen and oxygen atoms in total. The van der Waals surface area contributed by atoms with Crippen LogP contribution >= 0.6 is 0 Å². The number of nitrogens with two attached hydrogens (primary N) is 1. The summed E-state index contributed by atoms with van der Waals surface area (Å²) in [7, 11) is 0. The van der Waals surface area contributed by atoms with Gasteiger partial charge in [0.25, 0.3) is 5.91 Å². The van der Waals surface area contributed by atoms with Crippen molar-refractivity contribution in [3.05, 3.63) is 35.1 Å². The highest BCUT2D eigenvalue weighted by molar-refractivity contribution is 5.95. The lowest BCUT2D eigenvalue weighted by molar-refractivity contribution is 0.0386. The van der Waals surface area contributed by atoms with Gasteiger partial charge in [0.1, 0.15) is 5.82 Å². The normalized spacial score (nSPS) is 17.4. The Kier molecular flexibility index (Phi) is 3.39. The second kappa shape index (κ2) is 4.69. The molecule has 0 unspecified atom stereocenters. The monoisotopic (exact) mass is 250 g/mol. The second-order valence-electron chi connectivity index (χ2n) is 5.29. The maximum atomic E-state index is 13.3. The van der Waals surface area contributed by atoms with Crippen molar-refractivity contribution < 1.29 is 9.18 Å². The molecule has 0 saturated carbocycles. The van der Waals surface area contributed by atoms with Crippen molar-refractivity contribution in [1.29, 1.82) is 0 Å². The Morgan fingerprint density at radius 1 is 1.44 bits per heavy atom. The van der Waals surface area contributed by atoms with Gasteiger partial charge in [0, 0.05) is 18.7 Å². The van der Waals surface area contributed by atoms with Crippen molar-refractivity contribution in [3.63, 3.8) is 0 Å². The molecule has 1 heterocycles. The van der Waals surface area contributed by atoms with E-state index in [0.29, 0.717) is 18.7 Å². The Hall–Kier alpha value is -1.42. The standard InChI is InChI=1S/C14H19FN2O/c1-3-4-14(16)8-17(9-14)13(18)11-5-10(2)6-12(15)7-11/h5-7H,3-4,8-9,16H2,1-2H3. The number of carbonyl (C=O) groups excluding carboxylic acids is 1. The molecule has 2 N–H and O–H groups in total. The molecule has 1 aliphatic heterocycles. The molecule has 1 aliphatic rings. The van der Waals surface area contributed by atoms with Gasteiger partial charge in [0.2, 0.25) is 0 Å². The van der Waals surface area contributed by atoms with E-state index in [2.05, 4.69) is 6.92 Å².